The minimum Gasteiger partial charge on any atom is -0.351 e. The van der Waals surface area contributed by atoms with Gasteiger partial charge in [0.15, 0.2) is 0 Å². The lowest BCUT2D eigenvalue weighted by Crippen LogP contribution is -2.44. The molecule has 1 fully saturated rings. The van der Waals surface area contributed by atoms with Gasteiger partial charge in [0.05, 0.1) is 5.69 Å². The molecular formula is C19H23N3O3. The summed E-state index contributed by atoms with van der Waals surface area (Å²) in [5, 5.41) is 3.78. The molecule has 1 saturated heterocycles. The van der Waals surface area contributed by atoms with E-state index in [1.165, 1.54) is 4.90 Å². The van der Waals surface area contributed by atoms with Crippen molar-refractivity contribution in [1.29, 1.82) is 0 Å². The van der Waals surface area contributed by atoms with E-state index in [4.69, 9.17) is 4.52 Å². The molecule has 0 spiro atoms. The van der Waals surface area contributed by atoms with Crippen LogP contribution in [0.2, 0.25) is 0 Å². The summed E-state index contributed by atoms with van der Waals surface area (Å²) in [7, 11) is 0. The Morgan fingerprint density at radius 2 is 1.80 bits per heavy atom. The van der Waals surface area contributed by atoms with Crippen LogP contribution in [0.25, 0.3) is 0 Å². The number of nitrogens with zero attached hydrogens (tertiary/aromatic N) is 3. The zero-order chi connectivity index (χ0) is 17.8. The number of hydrogen-bond donors (Lipinski definition) is 0. The summed E-state index contributed by atoms with van der Waals surface area (Å²) in [6, 6.07) is 9.13. The monoisotopic (exact) mass is 341 g/mol. The number of aromatic nitrogens is 1. The van der Waals surface area contributed by atoms with E-state index in [-0.39, 0.29) is 24.1 Å². The first-order valence-electron chi connectivity index (χ1n) is 8.64. The summed E-state index contributed by atoms with van der Waals surface area (Å²) in [6.07, 6.45) is 3.19. The van der Waals surface area contributed by atoms with Crippen LogP contribution in [0, 0.1) is 13.8 Å². The van der Waals surface area contributed by atoms with Gasteiger partial charge in [0, 0.05) is 24.8 Å². The van der Waals surface area contributed by atoms with Crippen molar-refractivity contribution in [2.45, 2.75) is 33.1 Å². The van der Waals surface area contributed by atoms with Crippen LogP contribution in [0.1, 0.15) is 41.1 Å². The van der Waals surface area contributed by atoms with Crippen LogP contribution >= 0.6 is 0 Å². The van der Waals surface area contributed by atoms with Crippen molar-refractivity contribution in [2.75, 3.05) is 24.5 Å². The van der Waals surface area contributed by atoms with Crippen LogP contribution in [-0.2, 0) is 4.79 Å². The number of likely N-dealkylation sites (tertiary alicyclic amines) is 1. The number of hydrogen-bond acceptors (Lipinski definition) is 4. The molecule has 0 N–H and O–H groups in total. The van der Waals surface area contributed by atoms with Gasteiger partial charge in [-0.05, 0) is 45.2 Å². The number of carbonyl (C=O) groups is 2. The topological polar surface area (TPSA) is 66.7 Å². The molecule has 1 aromatic heterocycles. The van der Waals surface area contributed by atoms with E-state index in [2.05, 4.69) is 5.16 Å². The van der Waals surface area contributed by atoms with Crippen LogP contribution in [-0.4, -0.2) is 41.5 Å². The first-order chi connectivity index (χ1) is 12.0. The lowest BCUT2D eigenvalue weighted by atomic mass is 10.1. The van der Waals surface area contributed by atoms with Crippen molar-refractivity contribution in [3.63, 3.8) is 0 Å². The van der Waals surface area contributed by atoms with Crippen molar-refractivity contribution in [3.8, 4) is 0 Å². The number of amides is 2. The normalized spacial score (nSPS) is 14.4. The number of carbonyl (C=O) groups excluding carboxylic acids is 2. The highest BCUT2D eigenvalue weighted by atomic mass is 16.5. The molecule has 6 heteroatoms. The number of rotatable bonds is 4. The molecule has 1 aliphatic heterocycles. The van der Waals surface area contributed by atoms with Gasteiger partial charge in [-0.1, -0.05) is 22.9 Å². The summed E-state index contributed by atoms with van der Waals surface area (Å²) in [5.41, 5.74) is 2.40. The third-order valence-corrected chi connectivity index (χ3v) is 4.43. The number of piperidine rings is 1. The van der Waals surface area contributed by atoms with Gasteiger partial charge in [-0.3, -0.25) is 14.5 Å². The highest BCUT2D eigenvalue weighted by Crippen LogP contribution is 2.19. The standard InChI is InChI=1S/C19H23N3O3/c1-14-6-8-16(9-7-14)22(19(24)17-12-15(2)20-25-17)13-18(23)21-10-4-3-5-11-21/h6-9,12H,3-5,10-11,13H2,1-2H3. The molecule has 0 aliphatic carbocycles. The van der Waals surface area contributed by atoms with Gasteiger partial charge in [-0.15, -0.1) is 0 Å². The highest BCUT2D eigenvalue weighted by Gasteiger charge is 2.26. The fourth-order valence-electron chi connectivity index (χ4n) is 2.98. The predicted octanol–water partition coefficient (Wildman–Crippen LogP) is 2.95. The first kappa shape index (κ1) is 17.2. The molecule has 0 radical (unpaired) electrons. The maximum atomic E-state index is 12.9. The quantitative estimate of drug-likeness (QED) is 0.857. The number of anilines is 1. The SMILES string of the molecule is Cc1ccc(N(CC(=O)N2CCCCC2)C(=O)c2cc(C)no2)cc1. The molecule has 1 aliphatic rings. The third kappa shape index (κ3) is 4.07. The van der Waals surface area contributed by atoms with Gasteiger partial charge in [0.25, 0.3) is 5.91 Å². The number of aryl methyl sites for hydroxylation is 2. The fraction of sp³-hybridized carbons (Fsp3) is 0.421. The van der Waals surface area contributed by atoms with Gasteiger partial charge in [-0.25, -0.2) is 0 Å². The van der Waals surface area contributed by atoms with E-state index >= 15 is 0 Å². The van der Waals surface area contributed by atoms with Crippen LogP contribution in [0.5, 0.6) is 0 Å². The average molecular weight is 341 g/mol. The molecular weight excluding hydrogens is 318 g/mol. The van der Waals surface area contributed by atoms with Crippen LogP contribution in [0.4, 0.5) is 5.69 Å². The summed E-state index contributed by atoms with van der Waals surface area (Å²) in [5.74, 6) is -0.246. The molecule has 25 heavy (non-hydrogen) atoms. The molecule has 0 saturated carbocycles. The van der Waals surface area contributed by atoms with Crippen LogP contribution < -0.4 is 4.90 Å². The summed E-state index contributed by atoms with van der Waals surface area (Å²) >= 11 is 0. The predicted molar refractivity (Wildman–Crippen MR) is 94.5 cm³/mol. The molecule has 3 rings (SSSR count). The van der Waals surface area contributed by atoms with Crippen molar-refractivity contribution in [3.05, 3.63) is 47.3 Å². The van der Waals surface area contributed by atoms with Crippen molar-refractivity contribution in [1.82, 2.24) is 10.1 Å². The summed E-state index contributed by atoms with van der Waals surface area (Å²) < 4.78 is 5.11. The Balaban J connectivity index is 1.84. The Labute approximate surface area is 147 Å². The smallest absolute Gasteiger partial charge is 0.297 e. The Hall–Kier alpha value is -2.63. The average Bonchev–Trinajstić information content (AvgIpc) is 3.07. The van der Waals surface area contributed by atoms with Crippen molar-refractivity contribution in [2.24, 2.45) is 0 Å². The second kappa shape index (κ2) is 7.51. The highest BCUT2D eigenvalue weighted by molar-refractivity contribution is 6.07. The zero-order valence-electron chi connectivity index (χ0n) is 14.7. The second-order valence-corrected chi connectivity index (χ2v) is 6.50. The minimum atomic E-state index is -0.352. The van der Waals surface area contributed by atoms with Gasteiger partial charge in [0.2, 0.25) is 11.7 Å². The Bertz CT molecular complexity index is 746. The van der Waals surface area contributed by atoms with E-state index in [0.717, 1.165) is 37.9 Å². The molecule has 0 unspecified atom stereocenters. The van der Waals surface area contributed by atoms with Gasteiger partial charge in [0.1, 0.15) is 6.54 Å². The van der Waals surface area contributed by atoms with Gasteiger partial charge in [-0.2, -0.15) is 0 Å². The molecule has 2 aromatic rings. The maximum Gasteiger partial charge on any atom is 0.297 e. The largest absolute Gasteiger partial charge is 0.351 e. The van der Waals surface area contributed by atoms with E-state index in [0.29, 0.717) is 11.4 Å². The Kier molecular flexibility index (Phi) is 5.16. The van der Waals surface area contributed by atoms with Crippen molar-refractivity contribution < 1.29 is 14.1 Å². The van der Waals surface area contributed by atoms with Gasteiger partial charge >= 0.3 is 0 Å². The van der Waals surface area contributed by atoms with E-state index in [1.54, 1.807) is 13.0 Å². The number of benzene rings is 1. The lowest BCUT2D eigenvalue weighted by molar-refractivity contribution is -0.130. The summed E-state index contributed by atoms with van der Waals surface area (Å²) in [4.78, 5) is 28.9. The molecule has 1 aromatic carbocycles. The molecule has 132 valence electrons. The maximum absolute atomic E-state index is 12.9. The Morgan fingerprint density at radius 3 is 2.40 bits per heavy atom. The van der Waals surface area contributed by atoms with Crippen LogP contribution in [0.15, 0.2) is 34.9 Å². The van der Waals surface area contributed by atoms with Crippen molar-refractivity contribution >= 4 is 17.5 Å². The second-order valence-electron chi connectivity index (χ2n) is 6.50. The van der Waals surface area contributed by atoms with Gasteiger partial charge < -0.3 is 9.42 Å². The first-order valence-corrected chi connectivity index (χ1v) is 8.64. The fourth-order valence-corrected chi connectivity index (χ4v) is 2.98. The van der Waals surface area contributed by atoms with E-state index in [9.17, 15) is 9.59 Å². The molecule has 2 amide bonds. The van der Waals surface area contributed by atoms with Crippen LogP contribution in [0.3, 0.4) is 0 Å². The lowest BCUT2D eigenvalue weighted by Gasteiger charge is -2.29. The summed E-state index contributed by atoms with van der Waals surface area (Å²) in [6.45, 7) is 5.26. The third-order valence-electron chi connectivity index (χ3n) is 4.43. The molecule has 0 atom stereocenters. The molecule has 2 heterocycles. The van der Waals surface area contributed by atoms with E-state index < -0.39 is 0 Å². The minimum absolute atomic E-state index is 0.00163. The molecule has 6 nitrogen and oxygen atoms in total. The zero-order valence-corrected chi connectivity index (χ0v) is 14.7. The Morgan fingerprint density at radius 1 is 1.12 bits per heavy atom. The molecule has 0 bridgehead atoms. The van der Waals surface area contributed by atoms with E-state index in [1.807, 2.05) is 36.1 Å².